The van der Waals surface area contributed by atoms with Crippen LogP contribution in [0.4, 0.5) is 10.3 Å². The van der Waals surface area contributed by atoms with Crippen molar-refractivity contribution < 1.29 is 32.6 Å². The third kappa shape index (κ3) is 8.08. The number of hydrogen-bond donors (Lipinski definition) is 2. The van der Waals surface area contributed by atoms with Crippen molar-refractivity contribution >= 4 is 28.0 Å². The van der Waals surface area contributed by atoms with Gasteiger partial charge in [-0.05, 0) is 37.1 Å². The lowest BCUT2D eigenvalue weighted by molar-refractivity contribution is -0.145. The molecule has 1 aromatic heterocycles. The number of ether oxygens (including phenoxy) is 1. The van der Waals surface area contributed by atoms with Gasteiger partial charge in [0, 0.05) is 24.6 Å². The highest BCUT2D eigenvalue weighted by Crippen LogP contribution is 2.31. The van der Waals surface area contributed by atoms with Crippen LogP contribution in [0.3, 0.4) is 0 Å². The van der Waals surface area contributed by atoms with Gasteiger partial charge in [-0.25, -0.2) is 27.1 Å². The minimum atomic E-state index is -3.65. The molecule has 35 heavy (non-hydrogen) atoms. The summed E-state index contributed by atoms with van der Waals surface area (Å²) >= 11 is 0. The third-order valence-electron chi connectivity index (χ3n) is 5.11. The molecule has 1 aromatic carbocycles. The summed E-state index contributed by atoms with van der Waals surface area (Å²) in [7, 11) is -2.30. The number of sulfonamides is 1. The first-order valence-corrected chi connectivity index (χ1v) is 13.0. The number of carbonyl (C=O) groups is 1. The highest BCUT2D eigenvalue weighted by atomic mass is 32.2. The fourth-order valence-electron chi connectivity index (χ4n) is 3.26. The summed E-state index contributed by atoms with van der Waals surface area (Å²) in [5.74, 6) is -1.20. The van der Waals surface area contributed by atoms with Gasteiger partial charge in [0.2, 0.25) is 16.0 Å². The molecule has 0 bridgehead atoms. The Morgan fingerprint density at radius 2 is 1.83 bits per heavy atom. The molecule has 2 aromatic rings. The fraction of sp³-hybridized carbons (Fsp3) is 0.458. The normalized spacial score (nSPS) is 13.7. The van der Waals surface area contributed by atoms with Crippen LogP contribution >= 0.6 is 0 Å². The molecule has 0 fully saturated rings. The lowest BCUT2D eigenvalue weighted by Crippen LogP contribution is -2.27. The van der Waals surface area contributed by atoms with E-state index in [1.807, 2.05) is 13.8 Å². The molecule has 0 amide bonds. The maximum Gasteiger partial charge on any atom is 0.308 e. The Balaban J connectivity index is 2.51. The summed E-state index contributed by atoms with van der Waals surface area (Å²) in [6, 6.07) is 5.56. The maximum atomic E-state index is 13.6. The van der Waals surface area contributed by atoms with Gasteiger partial charge in [-0.2, -0.15) is 0 Å². The van der Waals surface area contributed by atoms with E-state index >= 15 is 0 Å². The average molecular weight is 510 g/mol. The molecule has 192 valence electrons. The first-order valence-electron chi connectivity index (χ1n) is 11.1. The molecule has 9 nitrogen and oxygen atoms in total. The van der Waals surface area contributed by atoms with Gasteiger partial charge >= 0.3 is 5.97 Å². The number of benzene rings is 1. The fourth-order valence-corrected chi connectivity index (χ4v) is 3.63. The molecule has 2 rings (SSSR count). The summed E-state index contributed by atoms with van der Waals surface area (Å²) in [6.07, 6.45) is 1.51. The van der Waals surface area contributed by atoms with Crippen LogP contribution in [0.5, 0.6) is 0 Å². The van der Waals surface area contributed by atoms with Gasteiger partial charge in [-0.15, -0.1) is 0 Å². The molecule has 0 radical (unpaired) electrons. The van der Waals surface area contributed by atoms with Gasteiger partial charge in [0.1, 0.15) is 5.82 Å². The van der Waals surface area contributed by atoms with E-state index in [9.17, 15) is 27.8 Å². The van der Waals surface area contributed by atoms with Gasteiger partial charge in [0.15, 0.2) is 0 Å². The van der Waals surface area contributed by atoms with Crippen LogP contribution in [0.15, 0.2) is 30.3 Å². The van der Waals surface area contributed by atoms with E-state index in [0.717, 1.165) is 10.6 Å². The Morgan fingerprint density at radius 1 is 1.20 bits per heavy atom. The molecule has 2 atom stereocenters. The van der Waals surface area contributed by atoms with Crippen LogP contribution < -0.4 is 4.31 Å². The molecule has 0 aliphatic carbocycles. The number of rotatable bonds is 11. The van der Waals surface area contributed by atoms with Crippen molar-refractivity contribution in [2.45, 2.75) is 51.7 Å². The maximum absolute atomic E-state index is 13.6. The standard InChI is InChI=1S/C24H32FN3O6S/c1-6-34-21(31)14-19(30)13-18(29)11-12-20-22(15(2)3)26-24(28(4)35(5,32)33)27-23(20)16-7-9-17(25)10-8-16/h7-12,15,18-19,29-30H,6,13-14H2,1-5H3/b12-11+/t18-,19+/m0/s1. The number of carbonyl (C=O) groups excluding carboxylic acids is 1. The van der Waals surface area contributed by atoms with Crippen LogP contribution in [0.2, 0.25) is 0 Å². The van der Waals surface area contributed by atoms with Crippen LogP contribution in [-0.4, -0.2) is 66.7 Å². The van der Waals surface area contributed by atoms with Crippen molar-refractivity contribution in [2.75, 3.05) is 24.2 Å². The molecule has 11 heteroatoms. The number of aliphatic hydroxyl groups is 2. The number of esters is 1. The van der Waals surface area contributed by atoms with Gasteiger partial charge in [-0.1, -0.05) is 26.0 Å². The Labute approximate surface area is 205 Å². The molecule has 0 aliphatic heterocycles. The molecule has 0 spiro atoms. The topological polar surface area (TPSA) is 130 Å². The largest absolute Gasteiger partial charge is 0.466 e. The van der Waals surface area contributed by atoms with Crippen LogP contribution in [0, 0.1) is 5.82 Å². The van der Waals surface area contributed by atoms with Crippen LogP contribution in [-0.2, 0) is 19.6 Å². The molecule has 0 saturated heterocycles. The van der Waals surface area contributed by atoms with Crippen molar-refractivity contribution in [1.29, 1.82) is 0 Å². The van der Waals surface area contributed by atoms with E-state index < -0.39 is 34.0 Å². The van der Waals surface area contributed by atoms with E-state index in [1.165, 1.54) is 37.4 Å². The number of aliphatic hydroxyl groups excluding tert-OH is 2. The minimum Gasteiger partial charge on any atom is -0.466 e. The average Bonchev–Trinajstić information content (AvgIpc) is 2.76. The molecule has 1 heterocycles. The zero-order valence-corrected chi connectivity index (χ0v) is 21.3. The lowest BCUT2D eigenvalue weighted by Gasteiger charge is -2.20. The highest BCUT2D eigenvalue weighted by molar-refractivity contribution is 7.92. The van der Waals surface area contributed by atoms with E-state index in [4.69, 9.17) is 4.74 Å². The SMILES string of the molecule is CCOC(=O)C[C@H](O)C[C@@H](O)/C=C/c1c(-c2ccc(F)cc2)nc(N(C)S(C)(=O)=O)nc1C(C)C. The van der Waals surface area contributed by atoms with Gasteiger partial charge in [-0.3, -0.25) is 4.79 Å². The summed E-state index contributed by atoms with van der Waals surface area (Å²) in [5, 5.41) is 20.5. The molecular formula is C24H32FN3O6S. The Hall–Kier alpha value is -2.89. The van der Waals surface area contributed by atoms with Crippen molar-refractivity contribution in [3.8, 4) is 11.3 Å². The quantitative estimate of drug-likeness (QED) is 0.442. The second-order valence-electron chi connectivity index (χ2n) is 8.39. The molecule has 0 unspecified atom stereocenters. The summed E-state index contributed by atoms with van der Waals surface area (Å²) in [5.41, 5.74) is 1.90. The molecule has 0 aliphatic rings. The van der Waals surface area contributed by atoms with E-state index in [1.54, 1.807) is 13.0 Å². The lowest BCUT2D eigenvalue weighted by atomic mass is 9.97. The monoisotopic (exact) mass is 509 g/mol. The Bertz CT molecular complexity index is 1150. The first-order chi connectivity index (χ1) is 16.3. The van der Waals surface area contributed by atoms with E-state index in [0.29, 0.717) is 22.5 Å². The summed E-state index contributed by atoms with van der Waals surface area (Å²) in [6.45, 7) is 5.60. The molecule has 2 N–H and O–H groups in total. The van der Waals surface area contributed by atoms with Gasteiger partial charge < -0.3 is 14.9 Å². The minimum absolute atomic E-state index is 0.0434. The number of aromatic nitrogens is 2. The van der Waals surface area contributed by atoms with Crippen LogP contribution in [0.1, 0.15) is 50.8 Å². The summed E-state index contributed by atoms with van der Waals surface area (Å²) in [4.78, 5) is 20.5. The number of nitrogens with zero attached hydrogens (tertiary/aromatic N) is 3. The first kappa shape index (κ1) is 28.3. The second-order valence-corrected chi connectivity index (χ2v) is 10.4. The number of anilines is 1. The zero-order valence-electron chi connectivity index (χ0n) is 20.5. The Kier molecular flexibility index (Phi) is 9.87. The van der Waals surface area contributed by atoms with Gasteiger partial charge in [0.25, 0.3) is 0 Å². The van der Waals surface area contributed by atoms with Crippen LogP contribution in [0.25, 0.3) is 17.3 Å². The third-order valence-corrected chi connectivity index (χ3v) is 6.27. The van der Waals surface area contributed by atoms with Crippen molar-refractivity contribution in [1.82, 2.24) is 9.97 Å². The number of hydrogen-bond acceptors (Lipinski definition) is 8. The zero-order chi connectivity index (χ0) is 26.3. The van der Waals surface area contributed by atoms with Crippen molar-refractivity contribution in [2.24, 2.45) is 0 Å². The number of halogens is 1. The van der Waals surface area contributed by atoms with Crippen molar-refractivity contribution in [3.05, 3.63) is 47.4 Å². The highest BCUT2D eigenvalue weighted by Gasteiger charge is 2.22. The molecular weight excluding hydrogens is 477 g/mol. The van der Waals surface area contributed by atoms with Crippen molar-refractivity contribution in [3.63, 3.8) is 0 Å². The predicted molar refractivity (Wildman–Crippen MR) is 132 cm³/mol. The predicted octanol–water partition coefficient (Wildman–Crippen LogP) is 2.88. The van der Waals surface area contributed by atoms with Gasteiger partial charge in [0.05, 0.1) is 42.9 Å². The van der Waals surface area contributed by atoms with E-state index in [2.05, 4.69) is 9.97 Å². The smallest absolute Gasteiger partial charge is 0.308 e. The molecule has 0 saturated carbocycles. The second kappa shape index (κ2) is 12.2. The summed E-state index contributed by atoms with van der Waals surface area (Å²) < 4.78 is 43.6. The van der Waals surface area contributed by atoms with E-state index in [-0.39, 0.29) is 31.3 Å². The Morgan fingerprint density at radius 3 is 2.37 bits per heavy atom.